The number of hydrogen-bond donors (Lipinski definition) is 0. The maximum absolute atomic E-state index is 13.2. The average Bonchev–Trinajstić information content (AvgIpc) is 2.70. The van der Waals surface area contributed by atoms with Crippen molar-refractivity contribution in [3.05, 3.63) is 69.3 Å². The van der Waals surface area contributed by atoms with Crippen molar-refractivity contribution >= 4 is 40.6 Å². The van der Waals surface area contributed by atoms with Crippen molar-refractivity contribution in [2.75, 3.05) is 12.0 Å². The lowest BCUT2D eigenvalue weighted by molar-refractivity contribution is -0.119. The minimum Gasteiger partial charge on any atom is -0.497 e. The molecule has 1 heterocycles. The molecule has 0 radical (unpaired) electrons. The number of anilines is 1. The number of halogens is 2. The number of nitrogens with zero attached hydrogens (tertiary/aromatic N) is 1. The number of methoxy groups -OCH3 is 1. The number of carbonyl (C=O) groups excluding carboxylic acids is 2. The van der Waals surface area contributed by atoms with Crippen molar-refractivity contribution in [2.24, 2.45) is 0 Å². The largest absolute Gasteiger partial charge is 0.497 e. The average molecular weight is 416 g/mol. The topological polar surface area (TPSA) is 46.6 Å². The number of ether oxygens (including phenoxy) is 1. The van der Waals surface area contributed by atoms with E-state index in [1.165, 1.54) is 0 Å². The van der Waals surface area contributed by atoms with Crippen LogP contribution in [0.1, 0.15) is 37.2 Å². The predicted molar refractivity (Wildman–Crippen MR) is 110 cm³/mol. The Hall–Kier alpha value is -2.30. The number of ketones is 1. The Morgan fingerprint density at radius 1 is 1.04 bits per heavy atom. The van der Waals surface area contributed by atoms with Crippen LogP contribution in [0.5, 0.6) is 5.75 Å². The van der Waals surface area contributed by atoms with Gasteiger partial charge in [0.15, 0.2) is 5.78 Å². The summed E-state index contributed by atoms with van der Waals surface area (Å²) in [6.07, 6.45) is 2.13. The number of allylic oxidation sites excluding steroid dienone is 2. The zero-order chi connectivity index (χ0) is 19.8. The predicted octanol–water partition coefficient (Wildman–Crippen LogP) is 5.53. The second-order valence-electron chi connectivity index (χ2n) is 7.00. The van der Waals surface area contributed by atoms with Gasteiger partial charge in [0.25, 0.3) is 0 Å². The molecule has 0 aromatic heterocycles. The van der Waals surface area contributed by atoms with E-state index in [0.29, 0.717) is 34.3 Å². The second-order valence-corrected chi connectivity index (χ2v) is 7.81. The summed E-state index contributed by atoms with van der Waals surface area (Å²) in [5.41, 5.74) is 3.07. The Bertz CT molecular complexity index is 999. The lowest BCUT2D eigenvalue weighted by Gasteiger charge is -2.38. The second kappa shape index (κ2) is 7.61. The Morgan fingerprint density at radius 3 is 2.61 bits per heavy atom. The Kier molecular flexibility index (Phi) is 5.17. The van der Waals surface area contributed by atoms with Crippen molar-refractivity contribution in [3.63, 3.8) is 0 Å². The van der Waals surface area contributed by atoms with Crippen molar-refractivity contribution < 1.29 is 14.3 Å². The summed E-state index contributed by atoms with van der Waals surface area (Å²) in [6, 6.07) is 12.7. The molecule has 0 saturated heterocycles. The standard InChI is InChI=1S/C22H19Cl2NO3/c1-28-15-5-2-4-13(10-15)16-12-21(27)25(14-8-9-17(23)18(24)11-14)19-6-3-7-20(26)22(16)19/h2,4-5,8-11,16H,3,6-7,12H2,1H3. The zero-order valence-corrected chi connectivity index (χ0v) is 16.9. The molecule has 1 aliphatic heterocycles. The Labute approximate surface area is 173 Å². The van der Waals surface area contributed by atoms with Crippen LogP contribution in [0.15, 0.2) is 53.7 Å². The van der Waals surface area contributed by atoms with E-state index in [2.05, 4.69) is 0 Å². The van der Waals surface area contributed by atoms with Crippen LogP contribution in [-0.4, -0.2) is 18.8 Å². The Balaban J connectivity index is 1.85. The summed E-state index contributed by atoms with van der Waals surface area (Å²) in [5.74, 6) is 0.498. The molecule has 1 aliphatic carbocycles. The Morgan fingerprint density at radius 2 is 1.86 bits per heavy atom. The summed E-state index contributed by atoms with van der Waals surface area (Å²) in [4.78, 5) is 27.7. The first-order valence-corrected chi connectivity index (χ1v) is 9.93. The first-order chi connectivity index (χ1) is 13.5. The summed E-state index contributed by atoms with van der Waals surface area (Å²) >= 11 is 12.2. The van der Waals surface area contributed by atoms with Gasteiger partial charge in [0.1, 0.15) is 5.75 Å². The molecule has 0 saturated carbocycles. The van der Waals surface area contributed by atoms with E-state index in [-0.39, 0.29) is 24.0 Å². The van der Waals surface area contributed by atoms with Crippen LogP contribution in [-0.2, 0) is 9.59 Å². The molecule has 2 aromatic carbocycles. The van der Waals surface area contributed by atoms with Crippen LogP contribution in [0.4, 0.5) is 5.69 Å². The molecule has 2 aromatic rings. The molecule has 28 heavy (non-hydrogen) atoms. The van der Waals surface area contributed by atoms with Crippen molar-refractivity contribution in [1.29, 1.82) is 0 Å². The van der Waals surface area contributed by atoms with E-state index < -0.39 is 0 Å². The van der Waals surface area contributed by atoms with E-state index in [1.807, 2.05) is 24.3 Å². The van der Waals surface area contributed by atoms with Crippen molar-refractivity contribution in [2.45, 2.75) is 31.6 Å². The van der Waals surface area contributed by atoms with Crippen LogP contribution in [0, 0.1) is 0 Å². The molecule has 2 aliphatic rings. The third kappa shape index (κ3) is 3.31. The van der Waals surface area contributed by atoms with Crippen LogP contribution in [0.25, 0.3) is 0 Å². The molecule has 1 unspecified atom stereocenters. The zero-order valence-electron chi connectivity index (χ0n) is 15.4. The lowest BCUT2D eigenvalue weighted by atomic mass is 9.77. The van der Waals surface area contributed by atoms with Gasteiger partial charge in [0, 0.05) is 30.0 Å². The summed E-state index contributed by atoms with van der Waals surface area (Å²) < 4.78 is 5.33. The van der Waals surface area contributed by atoms with Gasteiger partial charge in [-0.25, -0.2) is 0 Å². The third-order valence-electron chi connectivity index (χ3n) is 5.33. The molecule has 4 nitrogen and oxygen atoms in total. The number of amides is 1. The fraction of sp³-hybridized carbons (Fsp3) is 0.273. The molecular weight excluding hydrogens is 397 g/mol. The van der Waals surface area contributed by atoms with Crippen molar-refractivity contribution in [1.82, 2.24) is 0 Å². The van der Waals surface area contributed by atoms with Crippen LogP contribution >= 0.6 is 23.2 Å². The monoisotopic (exact) mass is 415 g/mol. The number of Topliss-reactive ketones (excluding diaryl/α,β-unsaturated/α-hetero) is 1. The van der Waals surface area contributed by atoms with Crippen LogP contribution < -0.4 is 9.64 Å². The van der Waals surface area contributed by atoms with E-state index in [4.69, 9.17) is 27.9 Å². The number of carbonyl (C=O) groups is 2. The SMILES string of the molecule is COc1cccc(C2CC(=O)N(c3ccc(Cl)c(Cl)c3)C3=C2C(=O)CCC3)c1. The molecular formula is C22H19Cl2NO3. The van der Waals surface area contributed by atoms with Gasteiger partial charge < -0.3 is 4.74 Å². The highest BCUT2D eigenvalue weighted by Gasteiger charge is 2.39. The molecule has 1 amide bonds. The summed E-state index contributed by atoms with van der Waals surface area (Å²) in [7, 11) is 1.60. The molecule has 0 bridgehead atoms. The van der Waals surface area contributed by atoms with E-state index in [9.17, 15) is 9.59 Å². The van der Waals surface area contributed by atoms with Gasteiger partial charge in [-0.1, -0.05) is 35.3 Å². The quantitative estimate of drug-likeness (QED) is 0.661. The lowest BCUT2D eigenvalue weighted by Crippen LogP contribution is -2.40. The van der Waals surface area contributed by atoms with E-state index >= 15 is 0 Å². The first-order valence-electron chi connectivity index (χ1n) is 9.18. The number of benzene rings is 2. The van der Waals surface area contributed by atoms with Crippen LogP contribution in [0.2, 0.25) is 10.0 Å². The van der Waals surface area contributed by atoms with Gasteiger partial charge in [-0.05, 0) is 48.7 Å². The van der Waals surface area contributed by atoms with Crippen LogP contribution in [0.3, 0.4) is 0 Å². The number of hydrogen-bond acceptors (Lipinski definition) is 3. The van der Waals surface area contributed by atoms with Gasteiger partial charge in [-0.3, -0.25) is 14.5 Å². The van der Waals surface area contributed by atoms with Gasteiger partial charge in [0.05, 0.1) is 22.8 Å². The van der Waals surface area contributed by atoms with Gasteiger partial charge >= 0.3 is 0 Å². The molecule has 6 heteroatoms. The summed E-state index contributed by atoms with van der Waals surface area (Å²) in [5, 5.41) is 0.809. The minimum absolute atomic E-state index is 0.0559. The highest BCUT2D eigenvalue weighted by atomic mass is 35.5. The van der Waals surface area contributed by atoms with Crippen molar-refractivity contribution in [3.8, 4) is 5.75 Å². The first kappa shape index (κ1) is 19.0. The molecule has 1 atom stereocenters. The third-order valence-corrected chi connectivity index (χ3v) is 6.07. The van der Waals surface area contributed by atoms with E-state index in [0.717, 1.165) is 23.3 Å². The van der Waals surface area contributed by atoms with Gasteiger partial charge in [-0.2, -0.15) is 0 Å². The highest BCUT2D eigenvalue weighted by molar-refractivity contribution is 6.42. The maximum Gasteiger partial charge on any atom is 0.232 e. The molecule has 0 spiro atoms. The fourth-order valence-electron chi connectivity index (χ4n) is 4.06. The minimum atomic E-state index is -0.260. The number of rotatable bonds is 3. The van der Waals surface area contributed by atoms with Gasteiger partial charge in [0.2, 0.25) is 5.91 Å². The molecule has 0 fully saturated rings. The molecule has 0 N–H and O–H groups in total. The fourth-order valence-corrected chi connectivity index (χ4v) is 4.35. The highest BCUT2D eigenvalue weighted by Crippen LogP contribution is 2.44. The van der Waals surface area contributed by atoms with E-state index in [1.54, 1.807) is 30.2 Å². The smallest absolute Gasteiger partial charge is 0.232 e. The molecule has 4 rings (SSSR count). The van der Waals surface area contributed by atoms with Gasteiger partial charge in [-0.15, -0.1) is 0 Å². The normalized spacial score (nSPS) is 19.7. The molecule has 144 valence electrons. The maximum atomic E-state index is 13.2. The summed E-state index contributed by atoms with van der Waals surface area (Å²) in [6.45, 7) is 0.